The Kier molecular flexibility index (Phi) is 11.5. The minimum absolute atomic E-state index is 0.396. The summed E-state index contributed by atoms with van der Waals surface area (Å²) in [6.45, 7) is 6.33. The zero-order valence-corrected chi connectivity index (χ0v) is 20.4. The number of halogens is 6. The highest BCUT2D eigenvalue weighted by Crippen LogP contribution is 2.46. The number of aromatic nitrogens is 1. The van der Waals surface area contributed by atoms with Crippen molar-refractivity contribution in [2.45, 2.75) is 49.1 Å². The normalized spacial score (nSPS) is 21.7. The Bertz CT molecular complexity index is 837. The molecule has 0 amide bonds. The standard InChI is InChI=1S/C18H26N2O2S.2C2HF3O2/c1-2-6-19-16(3-1)11-22-17-9-18(23-12-17)13-20(14-18)10-15-4-7-21-8-5-15;2*3-2(4,5)1(6)7/h1-3,6,15,17H,4-5,7-14H2;2*(H,6,7). The number of alkyl halides is 6. The highest BCUT2D eigenvalue weighted by Gasteiger charge is 2.49. The fraction of sp³-hybridized carbons (Fsp3) is 0.682. The summed E-state index contributed by atoms with van der Waals surface area (Å²) >= 11 is 2.13. The summed E-state index contributed by atoms with van der Waals surface area (Å²) in [6, 6.07) is 6.01. The van der Waals surface area contributed by atoms with Crippen molar-refractivity contribution in [1.82, 2.24) is 9.88 Å². The number of ether oxygens (including phenoxy) is 2. The van der Waals surface area contributed by atoms with Gasteiger partial charge in [-0.25, -0.2) is 9.59 Å². The lowest BCUT2D eigenvalue weighted by Crippen LogP contribution is -2.59. The fourth-order valence-electron chi connectivity index (χ4n) is 4.01. The number of rotatable bonds is 5. The predicted octanol–water partition coefficient (Wildman–Crippen LogP) is 3.85. The Labute approximate surface area is 213 Å². The van der Waals surface area contributed by atoms with Gasteiger partial charge in [-0.05, 0) is 37.3 Å². The number of hydrogen-bond donors (Lipinski definition) is 2. The minimum Gasteiger partial charge on any atom is -0.475 e. The molecule has 3 fully saturated rings. The van der Waals surface area contributed by atoms with E-state index in [1.54, 1.807) is 0 Å². The maximum atomic E-state index is 10.6. The summed E-state index contributed by atoms with van der Waals surface area (Å²) in [5.74, 6) is -3.53. The van der Waals surface area contributed by atoms with E-state index in [2.05, 4.69) is 21.6 Å². The Hall–Kier alpha value is -2.10. The molecule has 210 valence electrons. The summed E-state index contributed by atoms with van der Waals surface area (Å²) in [5.41, 5.74) is 1.04. The van der Waals surface area contributed by atoms with Gasteiger partial charge in [0.1, 0.15) is 0 Å². The van der Waals surface area contributed by atoms with Crippen LogP contribution in [0, 0.1) is 5.92 Å². The molecule has 1 unspecified atom stereocenters. The summed E-state index contributed by atoms with van der Waals surface area (Å²) in [6.07, 6.45) is -4.25. The zero-order chi connectivity index (χ0) is 27.7. The van der Waals surface area contributed by atoms with Gasteiger partial charge >= 0.3 is 24.3 Å². The third kappa shape index (κ3) is 11.0. The maximum absolute atomic E-state index is 10.6. The molecule has 2 N–H and O–H groups in total. The summed E-state index contributed by atoms with van der Waals surface area (Å²) < 4.78 is 75.5. The molecule has 3 aliphatic rings. The van der Waals surface area contributed by atoms with Crippen LogP contribution in [-0.2, 0) is 25.7 Å². The van der Waals surface area contributed by atoms with Crippen LogP contribution in [-0.4, -0.2) is 93.8 Å². The molecule has 1 aromatic heterocycles. The summed E-state index contributed by atoms with van der Waals surface area (Å²) in [4.78, 5) is 24.8. The smallest absolute Gasteiger partial charge is 0.475 e. The molecular formula is C22H28F6N2O6S. The third-order valence-corrected chi connectivity index (χ3v) is 7.31. The number of aliphatic carboxylic acids is 2. The third-order valence-electron chi connectivity index (χ3n) is 5.73. The van der Waals surface area contributed by atoms with Crippen molar-refractivity contribution in [2.75, 3.05) is 38.6 Å². The van der Waals surface area contributed by atoms with Gasteiger partial charge in [0.2, 0.25) is 0 Å². The van der Waals surface area contributed by atoms with E-state index in [0.29, 0.717) is 17.5 Å². The number of carbonyl (C=O) groups is 2. The van der Waals surface area contributed by atoms with E-state index in [-0.39, 0.29) is 0 Å². The quantitative estimate of drug-likeness (QED) is 0.518. The average Bonchev–Trinajstić information content (AvgIpc) is 3.23. The van der Waals surface area contributed by atoms with Crippen molar-refractivity contribution in [1.29, 1.82) is 0 Å². The van der Waals surface area contributed by atoms with Crippen LogP contribution in [0.25, 0.3) is 0 Å². The first-order chi connectivity index (χ1) is 17.2. The number of carboxylic acids is 2. The van der Waals surface area contributed by atoms with Crippen molar-refractivity contribution in [3.8, 4) is 0 Å². The van der Waals surface area contributed by atoms with Crippen LogP contribution in [0.4, 0.5) is 26.3 Å². The lowest BCUT2D eigenvalue weighted by molar-refractivity contribution is -0.193. The van der Waals surface area contributed by atoms with Gasteiger partial charge in [-0.15, -0.1) is 11.8 Å². The SMILES string of the molecule is O=C(O)C(F)(F)F.O=C(O)C(F)(F)F.c1ccc(COC2CSC3(C2)CN(CC2CCOCC2)C3)nc1. The first-order valence-corrected chi connectivity index (χ1v) is 12.2. The molecule has 0 saturated carbocycles. The van der Waals surface area contributed by atoms with Crippen LogP contribution in [0.1, 0.15) is 25.0 Å². The second-order valence-corrected chi connectivity index (χ2v) is 10.3. The highest BCUT2D eigenvalue weighted by atomic mass is 32.2. The lowest BCUT2D eigenvalue weighted by Gasteiger charge is -2.49. The monoisotopic (exact) mass is 562 g/mol. The summed E-state index contributed by atoms with van der Waals surface area (Å²) in [7, 11) is 0. The van der Waals surface area contributed by atoms with Crippen LogP contribution < -0.4 is 0 Å². The van der Waals surface area contributed by atoms with E-state index in [9.17, 15) is 26.3 Å². The van der Waals surface area contributed by atoms with Crippen molar-refractivity contribution in [2.24, 2.45) is 5.92 Å². The Morgan fingerprint density at radius 2 is 1.65 bits per heavy atom. The fourth-order valence-corrected chi connectivity index (χ4v) is 5.61. The molecule has 0 aliphatic carbocycles. The van der Waals surface area contributed by atoms with Gasteiger partial charge < -0.3 is 24.6 Å². The molecule has 3 saturated heterocycles. The molecule has 8 nitrogen and oxygen atoms in total. The molecule has 15 heteroatoms. The van der Waals surface area contributed by atoms with Crippen LogP contribution in [0.5, 0.6) is 0 Å². The molecule has 3 aliphatic heterocycles. The zero-order valence-electron chi connectivity index (χ0n) is 19.6. The topological polar surface area (TPSA) is 109 Å². The van der Waals surface area contributed by atoms with E-state index in [0.717, 1.165) is 30.6 Å². The second kappa shape index (κ2) is 13.6. The molecule has 4 heterocycles. The second-order valence-electron chi connectivity index (χ2n) is 8.78. The number of pyridine rings is 1. The van der Waals surface area contributed by atoms with Gasteiger partial charge in [0.15, 0.2) is 0 Å². The van der Waals surface area contributed by atoms with Crippen molar-refractivity contribution >= 4 is 23.7 Å². The largest absolute Gasteiger partial charge is 0.490 e. The molecular weight excluding hydrogens is 534 g/mol. The molecule has 1 aromatic rings. The Balaban J connectivity index is 0.000000286. The van der Waals surface area contributed by atoms with Crippen LogP contribution in [0.15, 0.2) is 24.4 Å². The average molecular weight is 563 g/mol. The molecule has 0 bridgehead atoms. The van der Waals surface area contributed by atoms with Crippen LogP contribution in [0.3, 0.4) is 0 Å². The molecule has 1 spiro atoms. The van der Waals surface area contributed by atoms with Gasteiger partial charge in [0.05, 0.1) is 18.4 Å². The highest BCUT2D eigenvalue weighted by molar-refractivity contribution is 8.01. The van der Waals surface area contributed by atoms with Crippen molar-refractivity contribution in [3.63, 3.8) is 0 Å². The molecule has 37 heavy (non-hydrogen) atoms. The van der Waals surface area contributed by atoms with Gasteiger partial charge in [-0.1, -0.05) is 6.07 Å². The van der Waals surface area contributed by atoms with E-state index >= 15 is 0 Å². The van der Waals surface area contributed by atoms with Crippen LogP contribution in [0.2, 0.25) is 0 Å². The predicted molar refractivity (Wildman–Crippen MR) is 120 cm³/mol. The number of nitrogens with zero attached hydrogens (tertiary/aromatic N) is 2. The van der Waals surface area contributed by atoms with E-state index in [1.807, 2.05) is 24.4 Å². The molecule has 0 radical (unpaired) electrons. The Morgan fingerprint density at radius 3 is 2.14 bits per heavy atom. The molecule has 0 aromatic carbocycles. The summed E-state index contributed by atoms with van der Waals surface area (Å²) in [5, 5.41) is 14.2. The maximum Gasteiger partial charge on any atom is 0.490 e. The van der Waals surface area contributed by atoms with Gasteiger partial charge in [0.25, 0.3) is 0 Å². The number of thioether (sulfide) groups is 1. The minimum atomic E-state index is -5.08. The number of likely N-dealkylation sites (tertiary alicyclic amines) is 1. The molecule has 1 atom stereocenters. The first kappa shape index (κ1) is 31.1. The molecule has 4 rings (SSSR count). The number of carboxylic acid groups (broad SMARTS) is 2. The van der Waals surface area contributed by atoms with Crippen molar-refractivity contribution < 1.29 is 55.6 Å². The van der Waals surface area contributed by atoms with Gasteiger partial charge in [-0.2, -0.15) is 26.3 Å². The van der Waals surface area contributed by atoms with E-state index in [4.69, 9.17) is 29.3 Å². The van der Waals surface area contributed by atoms with Crippen molar-refractivity contribution in [3.05, 3.63) is 30.1 Å². The van der Waals surface area contributed by atoms with E-state index in [1.165, 1.54) is 38.9 Å². The number of hydrogen-bond acceptors (Lipinski definition) is 7. The van der Waals surface area contributed by atoms with Gasteiger partial charge in [0, 0.05) is 49.5 Å². The van der Waals surface area contributed by atoms with Crippen LogP contribution >= 0.6 is 11.8 Å². The van der Waals surface area contributed by atoms with Gasteiger partial charge in [-0.3, -0.25) is 4.98 Å². The lowest BCUT2D eigenvalue weighted by atomic mass is 9.90. The van der Waals surface area contributed by atoms with E-state index < -0.39 is 24.3 Å². The Morgan fingerprint density at radius 1 is 1.08 bits per heavy atom. The first-order valence-electron chi connectivity index (χ1n) is 11.3.